The third-order valence-corrected chi connectivity index (χ3v) is 4.27. The van der Waals surface area contributed by atoms with Crippen molar-refractivity contribution in [2.45, 2.75) is 26.3 Å². The average Bonchev–Trinajstić information content (AvgIpc) is 2.69. The van der Waals surface area contributed by atoms with Crippen LogP contribution in [0, 0.1) is 0 Å². The van der Waals surface area contributed by atoms with Crippen molar-refractivity contribution in [3.05, 3.63) is 64.7 Å². The van der Waals surface area contributed by atoms with Crippen LogP contribution in [0.25, 0.3) is 0 Å². The summed E-state index contributed by atoms with van der Waals surface area (Å²) in [5, 5.41) is 8.52. The van der Waals surface area contributed by atoms with E-state index in [-0.39, 0.29) is 12.5 Å². The molecule has 0 saturated carbocycles. The second kappa shape index (κ2) is 11.2. The minimum absolute atomic E-state index is 0.102. The maximum atomic E-state index is 11.8. The first-order valence-corrected chi connectivity index (χ1v) is 9.57. The van der Waals surface area contributed by atoms with Gasteiger partial charge in [-0.3, -0.25) is 4.79 Å². The molecule has 2 rings (SSSR count). The maximum Gasteiger partial charge on any atom is 0.315 e. The predicted octanol–water partition coefficient (Wildman–Crippen LogP) is 3.46. The number of amides is 3. The lowest BCUT2D eigenvalue weighted by Crippen LogP contribution is -2.42. The smallest absolute Gasteiger partial charge is 0.315 e. The molecule has 0 heterocycles. The predicted molar refractivity (Wildman–Crippen MR) is 111 cm³/mol. The highest BCUT2D eigenvalue weighted by Crippen LogP contribution is 2.18. The highest BCUT2D eigenvalue weighted by atomic mass is 35.5. The Bertz CT molecular complexity index is 761. The van der Waals surface area contributed by atoms with E-state index < -0.39 is 6.03 Å². The summed E-state index contributed by atoms with van der Waals surface area (Å²) in [5.41, 5.74) is 2.17. The van der Waals surface area contributed by atoms with E-state index in [1.54, 1.807) is 12.1 Å². The molecule has 0 fully saturated rings. The Morgan fingerprint density at radius 2 is 1.64 bits per heavy atom. The molecule has 6 nitrogen and oxygen atoms in total. The van der Waals surface area contributed by atoms with Crippen LogP contribution in [0.2, 0.25) is 5.02 Å². The van der Waals surface area contributed by atoms with E-state index in [1.165, 1.54) is 5.56 Å². The Balaban J connectivity index is 1.56. The summed E-state index contributed by atoms with van der Waals surface area (Å²) in [7, 11) is 0. The van der Waals surface area contributed by atoms with Gasteiger partial charge in [0.25, 0.3) is 0 Å². The van der Waals surface area contributed by atoms with Crippen LogP contribution in [0.3, 0.4) is 0 Å². The lowest BCUT2D eigenvalue weighted by Gasteiger charge is -2.10. The molecule has 0 bridgehead atoms. The van der Waals surface area contributed by atoms with Crippen molar-refractivity contribution in [2.24, 2.45) is 0 Å². The van der Waals surface area contributed by atoms with Crippen molar-refractivity contribution in [1.82, 2.24) is 16.0 Å². The van der Waals surface area contributed by atoms with Crippen molar-refractivity contribution < 1.29 is 14.3 Å². The largest absolute Gasteiger partial charge is 0.492 e. The SMILES string of the molecule is CC(C)c1ccc(OCCNC(=O)CNC(=O)NCc2ccc(Cl)cc2)cc1. The minimum Gasteiger partial charge on any atom is -0.492 e. The first-order valence-electron chi connectivity index (χ1n) is 9.19. The number of benzene rings is 2. The fourth-order valence-corrected chi connectivity index (χ4v) is 2.50. The third kappa shape index (κ3) is 7.88. The molecule has 0 unspecified atom stereocenters. The van der Waals surface area contributed by atoms with Crippen LogP contribution in [0.4, 0.5) is 4.79 Å². The van der Waals surface area contributed by atoms with Crippen LogP contribution in [0.1, 0.15) is 30.9 Å². The van der Waals surface area contributed by atoms with Crippen LogP contribution in [0.15, 0.2) is 48.5 Å². The number of hydrogen-bond acceptors (Lipinski definition) is 3. The quantitative estimate of drug-likeness (QED) is 0.561. The molecule has 0 spiro atoms. The van der Waals surface area contributed by atoms with Gasteiger partial charge in [0.2, 0.25) is 5.91 Å². The lowest BCUT2D eigenvalue weighted by molar-refractivity contribution is -0.120. The number of halogens is 1. The van der Waals surface area contributed by atoms with Crippen LogP contribution in [0.5, 0.6) is 5.75 Å². The van der Waals surface area contributed by atoms with Crippen LogP contribution in [-0.2, 0) is 11.3 Å². The number of urea groups is 1. The summed E-state index contributed by atoms with van der Waals surface area (Å²) in [6.07, 6.45) is 0. The van der Waals surface area contributed by atoms with Gasteiger partial charge >= 0.3 is 6.03 Å². The first kappa shape index (κ1) is 21.6. The van der Waals surface area contributed by atoms with E-state index in [4.69, 9.17) is 16.3 Å². The first-order chi connectivity index (χ1) is 13.4. The summed E-state index contributed by atoms with van der Waals surface area (Å²) in [6, 6.07) is 14.7. The van der Waals surface area contributed by atoms with Gasteiger partial charge in [-0.15, -0.1) is 0 Å². The molecule has 0 saturated heterocycles. The van der Waals surface area contributed by atoms with Gasteiger partial charge in [-0.1, -0.05) is 49.7 Å². The number of rotatable bonds is 9. The molecule has 0 aliphatic rings. The molecule has 2 aromatic carbocycles. The Labute approximate surface area is 170 Å². The summed E-state index contributed by atoms with van der Waals surface area (Å²) < 4.78 is 5.59. The highest BCUT2D eigenvalue weighted by Gasteiger charge is 2.05. The monoisotopic (exact) mass is 403 g/mol. The molecule has 0 aliphatic heterocycles. The zero-order chi connectivity index (χ0) is 20.4. The summed E-state index contributed by atoms with van der Waals surface area (Å²) in [6.45, 7) is 5.24. The summed E-state index contributed by atoms with van der Waals surface area (Å²) in [5.74, 6) is 0.961. The number of ether oxygens (including phenoxy) is 1. The molecule has 7 heteroatoms. The van der Waals surface area contributed by atoms with Crippen molar-refractivity contribution >= 4 is 23.5 Å². The minimum atomic E-state index is -0.411. The van der Waals surface area contributed by atoms with Gasteiger partial charge in [-0.25, -0.2) is 4.79 Å². The van der Waals surface area contributed by atoms with Gasteiger partial charge in [-0.05, 0) is 41.3 Å². The maximum absolute atomic E-state index is 11.8. The molecule has 0 aromatic heterocycles. The molecule has 0 radical (unpaired) electrons. The summed E-state index contributed by atoms with van der Waals surface area (Å²) in [4.78, 5) is 23.5. The van der Waals surface area contributed by atoms with Gasteiger partial charge in [0, 0.05) is 11.6 Å². The van der Waals surface area contributed by atoms with Crippen LogP contribution >= 0.6 is 11.6 Å². The van der Waals surface area contributed by atoms with Crippen LogP contribution in [-0.4, -0.2) is 31.6 Å². The standard InChI is InChI=1S/C21H26ClN3O3/c1-15(2)17-5-9-19(10-6-17)28-12-11-23-20(26)14-25-21(27)24-13-16-3-7-18(22)8-4-16/h3-10,15H,11-14H2,1-2H3,(H,23,26)(H2,24,25,27). The number of carbonyl (C=O) groups excluding carboxylic acids is 2. The lowest BCUT2D eigenvalue weighted by atomic mass is 10.0. The summed E-state index contributed by atoms with van der Waals surface area (Å²) >= 11 is 5.81. The fourth-order valence-electron chi connectivity index (χ4n) is 2.38. The Hall–Kier alpha value is -2.73. The molecular formula is C21H26ClN3O3. The Morgan fingerprint density at radius 1 is 0.964 bits per heavy atom. The molecule has 0 aliphatic carbocycles. The number of carbonyl (C=O) groups is 2. The number of nitrogens with one attached hydrogen (secondary N) is 3. The Morgan fingerprint density at radius 3 is 2.29 bits per heavy atom. The molecule has 28 heavy (non-hydrogen) atoms. The molecule has 3 amide bonds. The number of hydrogen-bond donors (Lipinski definition) is 3. The highest BCUT2D eigenvalue weighted by molar-refractivity contribution is 6.30. The van der Waals surface area contributed by atoms with Crippen molar-refractivity contribution in [3.8, 4) is 5.75 Å². The van der Waals surface area contributed by atoms with Gasteiger partial charge in [0.15, 0.2) is 0 Å². The molecule has 2 aromatic rings. The van der Waals surface area contributed by atoms with E-state index in [0.717, 1.165) is 11.3 Å². The average molecular weight is 404 g/mol. The van der Waals surface area contributed by atoms with E-state index >= 15 is 0 Å². The zero-order valence-electron chi connectivity index (χ0n) is 16.1. The van der Waals surface area contributed by atoms with Crippen molar-refractivity contribution in [3.63, 3.8) is 0 Å². The zero-order valence-corrected chi connectivity index (χ0v) is 16.9. The van der Waals surface area contributed by atoms with Gasteiger partial charge in [0.05, 0.1) is 13.1 Å². The van der Waals surface area contributed by atoms with Gasteiger partial charge in [0.1, 0.15) is 12.4 Å². The molecule has 3 N–H and O–H groups in total. The van der Waals surface area contributed by atoms with Crippen molar-refractivity contribution in [1.29, 1.82) is 0 Å². The normalized spacial score (nSPS) is 10.4. The van der Waals surface area contributed by atoms with E-state index in [9.17, 15) is 9.59 Å². The molecular weight excluding hydrogens is 378 g/mol. The van der Waals surface area contributed by atoms with E-state index in [2.05, 4.69) is 29.8 Å². The fraction of sp³-hybridized carbons (Fsp3) is 0.333. The second-order valence-electron chi connectivity index (χ2n) is 6.58. The van der Waals surface area contributed by atoms with Crippen molar-refractivity contribution in [2.75, 3.05) is 19.7 Å². The van der Waals surface area contributed by atoms with E-state index in [0.29, 0.717) is 30.6 Å². The molecule has 150 valence electrons. The van der Waals surface area contributed by atoms with E-state index in [1.807, 2.05) is 36.4 Å². The Kier molecular flexibility index (Phi) is 8.62. The van der Waals surface area contributed by atoms with Gasteiger partial charge < -0.3 is 20.7 Å². The molecule has 0 atom stereocenters. The third-order valence-electron chi connectivity index (χ3n) is 4.02. The topological polar surface area (TPSA) is 79.5 Å². The van der Waals surface area contributed by atoms with Gasteiger partial charge in [-0.2, -0.15) is 0 Å². The second-order valence-corrected chi connectivity index (χ2v) is 7.02. The van der Waals surface area contributed by atoms with Crippen LogP contribution < -0.4 is 20.7 Å².